The molecule has 652 valence electrons. The van der Waals surface area contributed by atoms with E-state index in [4.69, 9.17) is 0 Å². The second-order valence-electron chi connectivity index (χ2n) is 38.3. The van der Waals surface area contributed by atoms with E-state index in [9.17, 15) is 0 Å². The van der Waals surface area contributed by atoms with Crippen LogP contribution in [0.4, 0.5) is 0 Å². The topological polar surface area (TPSA) is 103 Å². The Morgan fingerprint density at radius 2 is 0.562 bits per heavy atom. The summed E-state index contributed by atoms with van der Waals surface area (Å²) >= 11 is 0. The van der Waals surface area contributed by atoms with E-state index >= 15 is 0 Å². The molecule has 0 atom stereocenters. The fourth-order valence-corrected chi connectivity index (χ4v) is 20.9. The van der Waals surface area contributed by atoms with E-state index in [2.05, 4.69) is 359 Å². The summed E-state index contributed by atoms with van der Waals surface area (Å²) in [5.74, 6) is 0. The van der Waals surface area contributed by atoms with E-state index in [1.165, 1.54) is 301 Å². The minimum Gasteiger partial charge on any atom is -0.261 e. The van der Waals surface area contributed by atoms with Crippen molar-refractivity contribution in [3.8, 4) is 89.4 Å². The molecule has 0 radical (unpaired) electrons. The number of benzene rings is 8. The van der Waals surface area contributed by atoms with Crippen molar-refractivity contribution in [2.75, 3.05) is 0 Å². The highest BCUT2D eigenvalue weighted by Crippen LogP contribution is 2.48. The molecule has 0 fully saturated rings. The smallest absolute Gasteiger partial charge is 0.0743 e. The van der Waals surface area contributed by atoms with E-state index in [1.807, 2.05) is 43.4 Å². The predicted octanol–water partition coefficient (Wildman–Crippen LogP) is 29.2. The van der Waals surface area contributed by atoms with Crippen LogP contribution in [0.3, 0.4) is 0 Å². The van der Waals surface area contributed by atoms with Crippen LogP contribution in [0.1, 0.15) is 234 Å². The molecule has 0 spiro atoms. The lowest BCUT2D eigenvalue weighted by molar-refractivity contribution is 1.06. The van der Waals surface area contributed by atoms with Crippen LogP contribution in [0.15, 0.2) is 183 Å². The van der Waals surface area contributed by atoms with Crippen molar-refractivity contribution in [1.29, 1.82) is 0 Å². The molecule has 0 saturated heterocycles. The molecule has 0 aliphatic heterocycles. The summed E-state index contributed by atoms with van der Waals surface area (Å²) in [5, 5.41) is 0. The van der Waals surface area contributed by atoms with Gasteiger partial charge in [0.25, 0.3) is 0 Å². The molecule has 0 bridgehead atoms. The van der Waals surface area contributed by atoms with Gasteiger partial charge in [0, 0.05) is 141 Å². The summed E-state index contributed by atoms with van der Waals surface area (Å²) < 4.78 is 0. The Morgan fingerprint density at radius 3 is 1.15 bits per heavy atom. The number of rotatable bonds is 0. The summed E-state index contributed by atoms with van der Waals surface area (Å²) in [6.07, 6.45) is 22.6. The number of aromatic nitrogens is 8. The lowest BCUT2D eigenvalue weighted by Crippen LogP contribution is -1.97. The van der Waals surface area contributed by atoms with Gasteiger partial charge in [-0.25, -0.2) is 0 Å². The zero-order valence-electron chi connectivity index (χ0n) is 81.6. The molecular formula is C122H124N8. The van der Waals surface area contributed by atoms with Crippen molar-refractivity contribution in [2.24, 2.45) is 0 Å². The maximum atomic E-state index is 4.64. The van der Waals surface area contributed by atoms with Crippen LogP contribution in [0.2, 0.25) is 0 Å². The van der Waals surface area contributed by atoms with Crippen molar-refractivity contribution in [3.05, 3.63) is 417 Å². The first kappa shape index (κ1) is 89.0. The van der Waals surface area contributed by atoms with Gasteiger partial charge in [0.1, 0.15) is 0 Å². The first-order chi connectivity index (χ1) is 62.2. The fraction of sp³-hybridized carbons (Fsp3) is 0.279. The average Bonchev–Trinajstić information content (AvgIpc) is 1.60. The van der Waals surface area contributed by atoms with E-state index < -0.39 is 0 Å². The Morgan fingerprint density at radius 1 is 0.169 bits per heavy atom. The number of hydrogen-bond donors (Lipinski definition) is 0. The van der Waals surface area contributed by atoms with Crippen molar-refractivity contribution >= 4 is 0 Å². The highest BCUT2D eigenvalue weighted by atomic mass is 14.7. The Balaban J connectivity index is 0.000000104. The highest BCUT2D eigenvalue weighted by Gasteiger charge is 2.31. The van der Waals surface area contributed by atoms with Crippen molar-refractivity contribution < 1.29 is 0 Å². The second kappa shape index (κ2) is 35.8. The maximum Gasteiger partial charge on any atom is 0.0743 e. The SMILES string of the molecule is Cc1cc(C)c2c(c1)-c1ncc(C)c(C)c1C2.Cc1cc2c(cc1C)-c1ncc(C)c(C)c1C2.Cc1ccc2c(c1)-c1cnc(C)c(C)c1C2.Cc1ccc2c(c1)Cc1c-2cnc(C)c1C.Cc1ccc2c(c1C)Cc1c-2ncc(C)c1C.Cc1cccc2c1-c1cnc(C)c(C)c1C2.Cc1nc(C)c2c(c1C)Cc1ccccc1-2.Cc1ncc2c(c1C)Cc1ccccc1-2. The molecule has 8 aromatic heterocycles. The third-order valence-corrected chi connectivity index (χ3v) is 30.2. The quantitative estimate of drug-likeness (QED) is 0.148. The van der Waals surface area contributed by atoms with Gasteiger partial charge in [-0.1, -0.05) is 144 Å². The largest absolute Gasteiger partial charge is 0.261 e. The summed E-state index contributed by atoms with van der Waals surface area (Å²) in [5.41, 5.74) is 78.6. The van der Waals surface area contributed by atoms with Gasteiger partial charge in [-0.05, 0) is 436 Å². The van der Waals surface area contributed by atoms with Gasteiger partial charge in [-0.3, -0.25) is 39.9 Å². The van der Waals surface area contributed by atoms with E-state index in [0.29, 0.717) is 0 Å². The number of nitrogens with zero attached hydrogens (tertiary/aromatic N) is 8. The van der Waals surface area contributed by atoms with E-state index in [1.54, 1.807) is 0 Å². The molecule has 8 nitrogen and oxygen atoms in total. The van der Waals surface area contributed by atoms with Crippen LogP contribution in [0.25, 0.3) is 89.4 Å². The monoisotopic (exact) mass is 1700 g/mol. The van der Waals surface area contributed by atoms with Gasteiger partial charge >= 0.3 is 0 Å². The molecule has 130 heavy (non-hydrogen) atoms. The fourth-order valence-electron chi connectivity index (χ4n) is 20.9. The first-order valence-electron chi connectivity index (χ1n) is 46.6. The van der Waals surface area contributed by atoms with Crippen LogP contribution >= 0.6 is 0 Å². The molecule has 8 heterocycles. The highest BCUT2D eigenvalue weighted by molar-refractivity contribution is 5.85. The second-order valence-corrected chi connectivity index (χ2v) is 38.3. The first-order valence-corrected chi connectivity index (χ1v) is 46.6. The van der Waals surface area contributed by atoms with Crippen LogP contribution in [-0.2, 0) is 51.4 Å². The standard InChI is InChI=1S/3C16H17N.4C15H15N.C14H13N/c1-9-5-13-7-14-12(4)11(3)8-17-16(14)15(13)6-10(9)2;1-9-5-10(2)13-7-14-12(4)11(3)8-17-16(14)15(13)6-9;1-9-5-6-13-14(11(9)3)7-15-12(4)10(2)8-17-16(13)15;1-9-4-5-13-12(6-9)7-14-10(2)11(3)16-8-15(13)14;1-9-4-5-12-7-13-10(2)11(3)16-8-15(13)14(12)6-9;1-9-5-4-6-12-7-13-10(2)11(3)16-8-14(13)15(9)12;1-9-10(2)16-11(3)15-13-7-5-4-6-12(13)8-14(9)15;1-9-10(2)15-8-14-12-6-4-3-5-11(12)7-13(9)14/h3*5-6,8H,7H2,1-4H3;3*4-6,8H,7H2,1-3H3;4-7H,8H2,1-3H3;3-6,8H,7H2,1-2H3. The van der Waals surface area contributed by atoms with Crippen molar-refractivity contribution in [1.82, 2.24) is 39.9 Å². The molecule has 0 amide bonds. The number of pyridine rings is 8. The lowest BCUT2D eigenvalue weighted by Gasteiger charge is -2.10. The lowest BCUT2D eigenvalue weighted by atomic mass is 9.99. The molecule has 0 N–H and O–H groups in total. The Hall–Kier alpha value is -13.0. The predicted molar refractivity (Wildman–Crippen MR) is 543 cm³/mol. The Kier molecular flexibility index (Phi) is 24.5. The molecule has 16 aromatic rings. The minimum absolute atomic E-state index is 1.05. The summed E-state index contributed by atoms with van der Waals surface area (Å²) in [6, 6.07) is 50.9. The van der Waals surface area contributed by atoms with E-state index in [0.717, 1.165) is 74.1 Å². The van der Waals surface area contributed by atoms with Crippen LogP contribution in [-0.4, -0.2) is 39.9 Å². The Labute approximate surface area is 772 Å². The van der Waals surface area contributed by atoms with Gasteiger partial charge < -0.3 is 0 Å². The molecular weight excluding hydrogens is 1580 g/mol. The molecule has 8 aliphatic rings. The average molecular weight is 1700 g/mol. The van der Waals surface area contributed by atoms with Crippen molar-refractivity contribution in [2.45, 2.75) is 231 Å². The third-order valence-electron chi connectivity index (χ3n) is 30.2. The van der Waals surface area contributed by atoms with E-state index in [-0.39, 0.29) is 0 Å². The summed E-state index contributed by atoms with van der Waals surface area (Å²) in [6.45, 7) is 56.1. The molecule has 8 aliphatic carbocycles. The van der Waals surface area contributed by atoms with Crippen molar-refractivity contribution in [3.63, 3.8) is 0 Å². The third kappa shape index (κ3) is 16.5. The molecule has 24 rings (SSSR count). The summed E-state index contributed by atoms with van der Waals surface area (Å²) in [4.78, 5) is 36.4. The molecule has 8 heteroatoms. The zero-order chi connectivity index (χ0) is 92.0. The molecule has 0 saturated carbocycles. The maximum absolute atomic E-state index is 4.64. The zero-order valence-corrected chi connectivity index (χ0v) is 81.6. The van der Waals surface area contributed by atoms with Gasteiger partial charge in [-0.15, -0.1) is 0 Å². The van der Waals surface area contributed by atoms with Gasteiger partial charge in [0.15, 0.2) is 0 Å². The van der Waals surface area contributed by atoms with Gasteiger partial charge in [0.05, 0.1) is 17.1 Å². The molecule has 8 aromatic carbocycles. The van der Waals surface area contributed by atoms with Crippen LogP contribution in [0.5, 0.6) is 0 Å². The number of hydrogen-bond acceptors (Lipinski definition) is 8. The van der Waals surface area contributed by atoms with Gasteiger partial charge in [0.2, 0.25) is 0 Å². The van der Waals surface area contributed by atoms with Crippen LogP contribution in [0, 0.1) is 180 Å². The number of aryl methyl sites for hydroxylation is 17. The normalized spacial score (nSPS) is 12.4. The molecule has 0 unspecified atom stereocenters. The van der Waals surface area contributed by atoms with Gasteiger partial charge in [-0.2, -0.15) is 0 Å². The summed E-state index contributed by atoms with van der Waals surface area (Å²) in [7, 11) is 0. The Bertz CT molecular complexity index is 7280. The van der Waals surface area contributed by atoms with Crippen LogP contribution < -0.4 is 0 Å². The number of fused-ring (bicyclic) bond motifs is 24. The minimum atomic E-state index is 1.05.